The van der Waals surface area contributed by atoms with Gasteiger partial charge < -0.3 is 35.3 Å². The molecule has 3 aromatic carbocycles. The molecular weight excluding hydrogens is 648 g/mol. The number of rotatable bonds is 14. The highest BCUT2D eigenvalue weighted by Crippen LogP contribution is 2.35. The van der Waals surface area contributed by atoms with Crippen LogP contribution < -0.4 is 20.9 Å². The predicted octanol–water partition coefficient (Wildman–Crippen LogP) is 4.01. The molecule has 3 aliphatic heterocycles. The normalized spacial score (nSPS) is 20.8. The number of nitrogens with one attached hydrogen (secondary N) is 3. The third-order valence-corrected chi connectivity index (χ3v) is 10.7. The van der Waals surface area contributed by atoms with Gasteiger partial charge in [0.2, 0.25) is 5.56 Å². The van der Waals surface area contributed by atoms with E-state index in [9.17, 15) is 24.6 Å². The number of hydrogen-bond donors (Lipinski definition) is 5. The summed E-state index contributed by atoms with van der Waals surface area (Å²) < 4.78 is 12.2. The lowest BCUT2D eigenvalue weighted by Crippen LogP contribution is -2.59. The summed E-state index contributed by atoms with van der Waals surface area (Å²) >= 11 is 0. The summed E-state index contributed by atoms with van der Waals surface area (Å²) in [7, 11) is 0. The van der Waals surface area contributed by atoms with Crippen molar-refractivity contribution in [1.29, 1.82) is 0 Å². The molecule has 268 valence electrons. The van der Waals surface area contributed by atoms with Gasteiger partial charge in [-0.2, -0.15) is 0 Å². The van der Waals surface area contributed by atoms with E-state index in [1.165, 1.54) is 12.1 Å². The Morgan fingerprint density at radius 3 is 2.49 bits per heavy atom. The number of pyridine rings is 1. The van der Waals surface area contributed by atoms with Gasteiger partial charge in [-0.1, -0.05) is 36.4 Å². The number of unbranched alkanes of at least 4 members (excludes halogenated alkanes) is 2. The lowest BCUT2D eigenvalue weighted by molar-refractivity contribution is -0.166. The van der Waals surface area contributed by atoms with E-state index in [4.69, 9.17) is 9.47 Å². The number of ether oxygens (including phenoxy) is 2. The number of nitrogens with zero attached hydrogens (tertiary/aromatic N) is 1. The van der Waals surface area contributed by atoms with E-state index in [0.717, 1.165) is 62.9 Å². The molecule has 0 saturated carbocycles. The Kier molecular flexibility index (Phi) is 10.4. The molecule has 11 nitrogen and oxygen atoms in total. The summed E-state index contributed by atoms with van der Waals surface area (Å²) in [6, 6.07) is 21.1. The van der Waals surface area contributed by atoms with Crippen molar-refractivity contribution >= 4 is 22.8 Å². The molecule has 1 aliphatic carbocycles. The fourth-order valence-corrected chi connectivity index (χ4v) is 7.83. The molecule has 1 amide bonds. The molecule has 3 fully saturated rings. The highest BCUT2D eigenvalue weighted by Gasteiger charge is 2.49. The third-order valence-electron chi connectivity index (χ3n) is 10.7. The van der Waals surface area contributed by atoms with Gasteiger partial charge in [0.25, 0.3) is 5.91 Å². The second kappa shape index (κ2) is 15.3. The van der Waals surface area contributed by atoms with Gasteiger partial charge in [-0.05, 0) is 105 Å². The summed E-state index contributed by atoms with van der Waals surface area (Å²) in [6.45, 7) is 4.38. The lowest BCUT2D eigenvalue weighted by Gasteiger charge is -2.44. The molecule has 8 rings (SSSR count). The number of aromatic nitrogens is 1. The molecule has 3 saturated heterocycles. The SMILES string of the molecule is O=C(NC1(C(=O)O[C@H]2CN3CCC2CC3)Cc2ccccc2C1)c1cccc(OCCCCCNC[C@H](O)c2ccc(O)c3[nH]c(=O)ccc23)c1. The first-order chi connectivity index (χ1) is 24.8. The molecule has 11 heteroatoms. The van der Waals surface area contributed by atoms with Gasteiger partial charge in [0.1, 0.15) is 23.1 Å². The second-order valence-electron chi connectivity index (χ2n) is 14.2. The number of phenolic OH excluding ortho intramolecular Hbond substituents is 1. The number of amides is 1. The van der Waals surface area contributed by atoms with Crippen LogP contribution in [-0.4, -0.2) is 82.9 Å². The molecule has 0 radical (unpaired) electrons. The standard InChI is InChI=1S/C40H46N4O7/c45-33-13-11-31(32-12-14-36(47)42-37(32)33)34(46)24-41-17-4-1-5-20-50-30-10-6-9-27(21-30)38(48)43-40(22-28-7-2-3-8-29(28)23-40)39(49)51-35-25-44-18-15-26(35)16-19-44/h2-3,6-14,21,26,34-35,41,45-46H,1,4-5,15-20,22-25H2,(H,42,47)(H,43,48)/t34-,35-/m0/s1. The number of aromatic hydroxyl groups is 1. The minimum atomic E-state index is -1.16. The zero-order valence-corrected chi connectivity index (χ0v) is 28.7. The van der Waals surface area contributed by atoms with Gasteiger partial charge in [0.15, 0.2) is 0 Å². The zero-order valence-electron chi connectivity index (χ0n) is 28.7. The molecule has 2 atom stereocenters. The van der Waals surface area contributed by atoms with E-state index in [1.54, 1.807) is 30.3 Å². The molecule has 5 N–H and O–H groups in total. The average Bonchev–Trinajstić information content (AvgIpc) is 3.53. The Bertz CT molecular complexity index is 1910. The Labute approximate surface area is 297 Å². The maximum Gasteiger partial charge on any atom is 0.332 e. The smallest absolute Gasteiger partial charge is 0.332 e. The topological polar surface area (TPSA) is 153 Å². The highest BCUT2D eigenvalue weighted by molar-refractivity contribution is 5.99. The van der Waals surface area contributed by atoms with E-state index in [2.05, 4.69) is 20.5 Å². The van der Waals surface area contributed by atoms with Crippen molar-refractivity contribution in [1.82, 2.24) is 20.5 Å². The van der Waals surface area contributed by atoms with Crippen LogP contribution >= 0.6 is 0 Å². The molecule has 2 bridgehead atoms. The van der Waals surface area contributed by atoms with Crippen molar-refractivity contribution < 1.29 is 29.3 Å². The number of H-pyrrole nitrogens is 1. The Morgan fingerprint density at radius 1 is 0.961 bits per heavy atom. The van der Waals surface area contributed by atoms with Crippen LogP contribution in [0, 0.1) is 5.92 Å². The van der Waals surface area contributed by atoms with Crippen LogP contribution in [0.2, 0.25) is 0 Å². The van der Waals surface area contributed by atoms with Crippen LogP contribution in [0.5, 0.6) is 11.5 Å². The number of benzene rings is 3. The minimum absolute atomic E-state index is 0.0377. The van der Waals surface area contributed by atoms with E-state index >= 15 is 0 Å². The van der Waals surface area contributed by atoms with Crippen LogP contribution in [0.3, 0.4) is 0 Å². The molecule has 4 aliphatic rings. The number of aromatic amines is 1. The van der Waals surface area contributed by atoms with E-state index in [0.29, 0.717) is 66.2 Å². The number of carbonyl (C=O) groups is 2. The van der Waals surface area contributed by atoms with E-state index < -0.39 is 11.6 Å². The number of piperidine rings is 3. The van der Waals surface area contributed by atoms with Gasteiger partial charge in [-0.25, -0.2) is 4.79 Å². The van der Waals surface area contributed by atoms with Crippen molar-refractivity contribution in [3.05, 3.63) is 105 Å². The van der Waals surface area contributed by atoms with Crippen molar-refractivity contribution in [2.75, 3.05) is 39.3 Å². The fourth-order valence-electron chi connectivity index (χ4n) is 7.83. The molecule has 4 aromatic rings. The van der Waals surface area contributed by atoms with Crippen molar-refractivity contribution in [2.24, 2.45) is 5.92 Å². The monoisotopic (exact) mass is 694 g/mol. The highest BCUT2D eigenvalue weighted by atomic mass is 16.5. The first kappa shape index (κ1) is 34.7. The van der Waals surface area contributed by atoms with Gasteiger partial charge in [-0.15, -0.1) is 0 Å². The van der Waals surface area contributed by atoms with Crippen LogP contribution in [0.25, 0.3) is 10.9 Å². The lowest BCUT2D eigenvalue weighted by atomic mass is 9.85. The van der Waals surface area contributed by atoms with Crippen LogP contribution in [0.1, 0.15) is 65.3 Å². The maximum atomic E-state index is 13.9. The quantitative estimate of drug-likeness (QED) is 0.0974. The number of aliphatic hydroxyl groups excluding tert-OH is 1. The maximum absolute atomic E-state index is 13.9. The molecule has 51 heavy (non-hydrogen) atoms. The van der Waals surface area contributed by atoms with Crippen molar-refractivity contribution in [2.45, 2.75) is 62.7 Å². The summed E-state index contributed by atoms with van der Waals surface area (Å²) in [6.07, 6.45) is 4.51. The van der Waals surface area contributed by atoms with Crippen LogP contribution in [0.15, 0.2) is 77.6 Å². The number of phenols is 1. The van der Waals surface area contributed by atoms with E-state index in [1.807, 2.05) is 30.3 Å². The molecule has 0 unspecified atom stereocenters. The average molecular weight is 695 g/mol. The number of hydrogen-bond acceptors (Lipinski definition) is 9. The Balaban J connectivity index is 0.879. The first-order valence-electron chi connectivity index (χ1n) is 18.1. The Hall–Kier alpha value is -4.71. The molecule has 1 aromatic heterocycles. The van der Waals surface area contributed by atoms with Crippen LogP contribution in [0.4, 0.5) is 0 Å². The fraction of sp³-hybridized carbons (Fsp3) is 0.425. The van der Waals surface area contributed by atoms with Gasteiger partial charge in [-0.3, -0.25) is 14.5 Å². The van der Waals surface area contributed by atoms with Crippen molar-refractivity contribution in [3.63, 3.8) is 0 Å². The summed E-state index contributed by atoms with van der Waals surface area (Å²) in [5.74, 6) is 0.241. The van der Waals surface area contributed by atoms with Gasteiger partial charge in [0.05, 0.1) is 18.2 Å². The number of fused-ring (bicyclic) bond motifs is 5. The summed E-state index contributed by atoms with van der Waals surface area (Å²) in [4.78, 5) is 44.3. The second-order valence-corrected chi connectivity index (χ2v) is 14.2. The third kappa shape index (κ3) is 7.80. The summed E-state index contributed by atoms with van der Waals surface area (Å²) in [5.41, 5.74) is 1.99. The number of carbonyl (C=O) groups excluding carboxylic acids is 2. The minimum Gasteiger partial charge on any atom is -0.506 e. The summed E-state index contributed by atoms with van der Waals surface area (Å²) in [5, 5.41) is 27.8. The number of esters is 1. The first-order valence-corrected chi connectivity index (χ1v) is 18.1. The Morgan fingerprint density at radius 2 is 1.75 bits per heavy atom. The van der Waals surface area contributed by atoms with Crippen LogP contribution in [-0.2, 0) is 22.4 Å². The number of aliphatic hydroxyl groups is 1. The predicted molar refractivity (Wildman–Crippen MR) is 193 cm³/mol. The molecule has 0 spiro atoms. The van der Waals surface area contributed by atoms with Gasteiger partial charge in [0, 0.05) is 42.9 Å². The van der Waals surface area contributed by atoms with Gasteiger partial charge >= 0.3 is 5.97 Å². The van der Waals surface area contributed by atoms with Crippen molar-refractivity contribution in [3.8, 4) is 11.5 Å². The largest absolute Gasteiger partial charge is 0.506 e. The van der Waals surface area contributed by atoms with E-state index in [-0.39, 0.29) is 29.3 Å². The zero-order chi connectivity index (χ0) is 35.4. The molecule has 4 heterocycles. The molecular formula is C40H46N4O7.